The molecule has 7 aromatic rings. The highest BCUT2D eigenvalue weighted by molar-refractivity contribution is 6.05. The minimum absolute atomic E-state index is 0.00293. The molecule has 5 aromatic heterocycles. The zero-order valence-electron chi connectivity index (χ0n) is 69.0. The predicted octanol–water partition coefficient (Wildman–Crippen LogP) is 3.56. The van der Waals surface area contributed by atoms with E-state index in [1.54, 1.807) is 66.4 Å². The molecule has 8 N–H and O–H groups in total. The Morgan fingerprint density at radius 3 is 1.50 bits per heavy atom. The summed E-state index contributed by atoms with van der Waals surface area (Å²) < 4.78 is 76.5. The Kier molecular flexibility index (Phi) is 37.4. The molecule has 2 aliphatic rings. The summed E-state index contributed by atoms with van der Waals surface area (Å²) in [5, 5.41) is 21.3. The molecule has 0 spiro atoms. The molecule has 39 nitrogen and oxygen atoms in total. The lowest BCUT2D eigenvalue weighted by molar-refractivity contribution is -0.131. The van der Waals surface area contributed by atoms with Crippen LogP contribution in [0, 0.1) is 5.92 Å². The summed E-state index contributed by atoms with van der Waals surface area (Å²) in [7, 11) is 11.3. The van der Waals surface area contributed by atoms with E-state index in [1.165, 1.54) is 55.2 Å². The minimum Gasteiger partial charge on any atom is -0.493 e. The molecular weight excluding hydrogens is 1550 g/mol. The van der Waals surface area contributed by atoms with Crippen molar-refractivity contribution in [1.29, 1.82) is 0 Å². The van der Waals surface area contributed by atoms with Gasteiger partial charge in [-0.05, 0) is 66.9 Å². The van der Waals surface area contributed by atoms with Crippen molar-refractivity contribution < 1.29 is 100.0 Å². The van der Waals surface area contributed by atoms with E-state index in [-0.39, 0.29) is 110 Å². The zero-order valence-corrected chi connectivity index (χ0v) is 69.0. The summed E-state index contributed by atoms with van der Waals surface area (Å²) in [5.74, 6) is -0.583. The van der Waals surface area contributed by atoms with Crippen molar-refractivity contribution >= 4 is 76.2 Å². The Morgan fingerprint density at radius 2 is 0.975 bits per heavy atom. The van der Waals surface area contributed by atoms with Gasteiger partial charge in [-0.25, -0.2) is 15.0 Å². The van der Waals surface area contributed by atoms with Gasteiger partial charge in [0.15, 0.2) is 40.5 Å². The molecule has 1 atom stereocenters. The molecule has 1 unspecified atom stereocenters. The first-order valence-corrected chi connectivity index (χ1v) is 39.6. The number of rotatable bonds is 52. The van der Waals surface area contributed by atoms with Gasteiger partial charge >= 0.3 is 0 Å². The number of nitrogens with one attached hydrogen (secondary N) is 8. The van der Waals surface area contributed by atoms with Gasteiger partial charge < -0.3 is 132 Å². The van der Waals surface area contributed by atoms with Gasteiger partial charge in [0.1, 0.15) is 18.0 Å². The lowest BCUT2D eigenvalue weighted by Gasteiger charge is -2.32. The third-order valence-electron chi connectivity index (χ3n) is 18.9. The van der Waals surface area contributed by atoms with Crippen molar-refractivity contribution in [2.45, 2.75) is 52.0 Å². The number of anilines is 4. The third-order valence-corrected chi connectivity index (χ3v) is 18.9. The van der Waals surface area contributed by atoms with Crippen LogP contribution in [0.3, 0.4) is 0 Å². The normalized spacial score (nSPS) is 13.3. The minimum atomic E-state index is -0.639. The average molecular weight is 1660 g/mol. The maximum absolute atomic E-state index is 13.3. The Bertz CT molecular complexity index is 4480. The van der Waals surface area contributed by atoms with E-state index in [4.69, 9.17) is 56.8 Å². The van der Waals surface area contributed by atoms with E-state index in [2.05, 4.69) is 68.5 Å². The van der Waals surface area contributed by atoms with E-state index in [0.717, 1.165) is 49.2 Å². The van der Waals surface area contributed by atoms with E-state index in [9.17, 15) is 43.2 Å². The number of carbonyl (C=O) groups excluding carboxylic acids is 9. The molecular formula is C80H112N18O21. The molecule has 0 saturated carbocycles. The third kappa shape index (κ3) is 29.6. The Hall–Kier alpha value is -11.3. The summed E-state index contributed by atoms with van der Waals surface area (Å²) in [6.07, 6.45) is 11.4. The smallest absolute Gasteiger partial charge is 0.291 e. The topological polar surface area (TPSA) is 430 Å². The van der Waals surface area contributed by atoms with Gasteiger partial charge in [0.05, 0.1) is 144 Å². The first-order valence-electron chi connectivity index (χ1n) is 39.6. The van der Waals surface area contributed by atoms with Crippen molar-refractivity contribution in [3.8, 4) is 34.1 Å². The van der Waals surface area contributed by atoms with Gasteiger partial charge in [0, 0.05) is 155 Å². The number of carbonyl (C=O) groups is 9. The van der Waals surface area contributed by atoms with Crippen molar-refractivity contribution in [2.75, 3.05) is 207 Å². The molecule has 39 heteroatoms. The molecule has 9 amide bonds. The van der Waals surface area contributed by atoms with Gasteiger partial charge in [-0.1, -0.05) is 13.0 Å². The molecule has 0 bridgehead atoms. The van der Waals surface area contributed by atoms with Gasteiger partial charge in [0.25, 0.3) is 29.5 Å². The van der Waals surface area contributed by atoms with Gasteiger partial charge in [-0.3, -0.25) is 43.2 Å². The maximum atomic E-state index is 13.3. The Balaban J connectivity index is 0.509. The van der Waals surface area contributed by atoms with Gasteiger partial charge in [-0.2, -0.15) is 0 Å². The predicted molar refractivity (Wildman–Crippen MR) is 435 cm³/mol. The van der Waals surface area contributed by atoms with E-state index in [1.807, 2.05) is 36.1 Å². The fourth-order valence-corrected chi connectivity index (χ4v) is 12.8. The fourth-order valence-electron chi connectivity index (χ4n) is 12.8. The van der Waals surface area contributed by atoms with Crippen LogP contribution in [0.25, 0.3) is 11.1 Å². The summed E-state index contributed by atoms with van der Waals surface area (Å²) >= 11 is 0. The maximum Gasteiger partial charge on any atom is 0.291 e. The fraction of sp³-hybridized carbons (Fsp3) is 0.525. The molecule has 9 rings (SSSR count). The zero-order chi connectivity index (χ0) is 84.8. The van der Waals surface area contributed by atoms with Crippen LogP contribution in [-0.4, -0.2) is 286 Å². The van der Waals surface area contributed by atoms with Crippen LogP contribution < -0.4 is 61.5 Å². The van der Waals surface area contributed by atoms with Crippen LogP contribution in [0.4, 0.5) is 23.0 Å². The number of benzene rings is 2. The van der Waals surface area contributed by atoms with Crippen molar-refractivity contribution in [3.63, 3.8) is 0 Å². The number of hydrogen-bond donors (Lipinski definition) is 8. The first kappa shape index (κ1) is 91.6. The molecule has 2 aliphatic heterocycles. The molecule has 648 valence electrons. The number of hydrogen-bond acceptors (Lipinski definition) is 25. The SMILES string of the molecule is CCC(=O)N1CCOc2c(cc(-c3ccc(OC)c(OC)c3)cc2OCC2CCCN(CCOCCOCCOCCOCCOCCOCCOCCOCCNC(=O)CCNC(=O)c3nc(NC(=O)CCNC(=O)c4cc(NC(=O)c5nc(NC(=O)CCNC(=O)c6cc(NC(=O)c7nccn7C)cn6C)cn5C)cn4C)cn3C)C2)C1. The van der Waals surface area contributed by atoms with E-state index in [0.29, 0.717) is 166 Å². The molecule has 1 fully saturated rings. The quantitative estimate of drug-likeness (QED) is 0.0253. The number of imidazole rings is 3. The number of methoxy groups -OCH3 is 2. The largest absolute Gasteiger partial charge is 0.493 e. The molecule has 119 heavy (non-hydrogen) atoms. The van der Waals surface area contributed by atoms with Gasteiger partial charge in [0.2, 0.25) is 35.3 Å². The molecule has 0 radical (unpaired) electrons. The monoisotopic (exact) mass is 1660 g/mol. The van der Waals surface area contributed by atoms with Crippen molar-refractivity contribution in [1.82, 2.24) is 68.9 Å². The summed E-state index contributed by atoms with van der Waals surface area (Å²) in [5.41, 5.74) is 3.84. The van der Waals surface area contributed by atoms with E-state index >= 15 is 0 Å². The van der Waals surface area contributed by atoms with Crippen LogP contribution in [0.15, 0.2) is 79.6 Å². The second kappa shape index (κ2) is 48.5. The Labute approximate surface area is 690 Å². The first-order chi connectivity index (χ1) is 57.7. The average Bonchev–Trinajstić information content (AvgIpc) is 1.67. The highest BCUT2D eigenvalue weighted by atomic mass is 16.6. The van der Waals surface area contributed by atoms with E-state index < -0.39 is 41.4 Å². The lowest BCUT2D eigenvalue weighted by Crippen LogP contribution is -2.39. The number of likely N-dealkylation sites (tertiary alicyclic amines) is 1. The van der Waals surface area contributed by atoms with Crippen molar-refractivity contribution in [3.05, 3.63) is 114 Å². The number of fused-ring (bicyclic) bond motifs is 1. The standard InChI is InChI=1S/C80H112N18O21/c1-9-71(102)98-25-28-118-72-58(49-98)43-57(56-12-13-63(108-7)64(44-56)109-8)45-65(72)119-54-55-11-10-22-97(48-55)24-27-111-30-32-113-34-36-115-38-40-117-42-41-116-39-37-114-35-33-112-31-29-110-26-21-81-68(99)14-17-85-78(105)74-90-66(52-95(74)5)88-69(100)15-18-84-77(104)62-47-60(51-94(62)4)87-80(107)75-91-67(53-96(75)6)89-70(101)16-19-83-76(103)61-46-59(50-93(61)3)86-79(106)73-82-20-23-92(73)2/h12-13,20,23,43-47,50-53,55H,9-11,14-19,21-22,24-42,48-49,54H2,1-8H3,(H,81,99)(H,83,103)(H,84,104)(H,85,105)(H,86,106)(H,87,107)(H,88,100)(H,89,101). The van der Waals surface area contributed by atoms with Crippen LogP contribution in [-0.2, 0) is 98.9 Å². The number of ether oxygens (including phenoxy) is 12. The molecule has 7 heterocycles. The van der Waals surface area contributed by atoms with Crippen molar-refractivity contribution in [2.24, 2.45) is 41.2 Å². The highest BCUT2D eigenvalue weighted by Gasteiger charge is 2.28. The molecule has 0 aliphatic carbocycles. The van der Waals surface area contributed by atoms with Crippen LogP contribution in [0.2, 0.25) is 0 Å². The van der Waals surface area contributed by atoms with Gasteiger partial charge in [-0.15, -0.1) is 0 Å². The number of aromatic nitrogens is 8. The summed E-state index contributed by atoms with van der Waals surface area (Å²) in [4.78, 5) is 132. The highest BCUT2D eigenvalue weighted by Crippen LogP contribution is 2.41. The van der Waals surface area contributed by atoms with Crippen LogP contribution in [0.5, 0.6) is 23.0 Å². The second-order valence-corrected chi connectivity index (χ2v) is 27.9. The molecule has 2 aromatic carbocycles. The second-order valence-electron chi connectivity index (χ2n) is 27.9. The number of amides is 9. The Morgan fingerprint density at radius 1 is 0.479 bits per heavy atom. The van der Waals surface area contributed by atoms with Crippen LogP contribution >= 0.6 is 0 Å². The lowest BCUT2D eigenvalue weighted by atomic mass is 9.98. The number of piperidine rings is 1. The number of nitrogens with zero attached hydrogens (tertiary/aromatic N) is 10. The summed E-state index contributed by atoms with van der Waals surface area (Å²) in [6.45, 7) is 13.4. The van der Waals surface area contributed by atoms with Crippen LogP contribution in [0.1, 0.15) is 104 Å². The number of aryl methyl sites for hydroxylation is 5. The molecule has 1 saturated heterocycles. The summed E-state index contributed by atoms with van der Waals surface area (Å²) in [6, 6.07) is 12.9.